The van der Waals surface area contributed by atoms with Crippen LogP contribution in [0.5, 0.6) is 5.75 Å². The molecule has 5 rings (SSSR count). The SMILES string of the molecule is COc1ccc2c(c1)c(C(=O)c1nnc(-c3ccncn3)s1)c(C)n2Cc1ccc(Cl)cc1. The fourth-order valence-corrected chi connectivity index (χ4v) is 4.69. The van der Waals surface area contributed by atoms with E-state index in [9.17, 15) is 4.79 Å². The molecule has 33 heavy (non-hydrogen) atoms. The number of ether oxygens (including phenoxy) is 1. The zero-order valence-corrected chi connectivity index (χ0v) is 19.4. The summed E-state index contributed by atoms with van der Waals surface area (Å²) in [5, 5.41) is 10.7. The molecule has 0 aliphatic carbocycles. The van der Waals surface area contributed by atoms with Gasteiger partial charge in [-0.3, -0.25) is 4.79 Å². The lowest BCUT2D eigenvalue weighted by atomic mass is 10.1. The van der Waals surface area contributed by atoms with E-state index in [4.69, 9.17) is 16.3 Å². The van der Waals surface area contributed by atoms with E-state index >= 15 is 0 Å². The van der Waals surface area contributed by atoms with Crippen LogP contribution in [0.25, 0.3) is 21.6 Å². The van der Waals surface area contributed by atoms with Crippen molar-refractivity contribution in [2.75, 3.05) is 7.11 Å². The molecular weight excluding hydrogens is 458 g/mol. The number of methoxy groups -OCH3 is 1. The molecule has 0 aliphatic heterocycles. The summed E-state index contributed by atoms with van der Waals surface area (Å²) < 4.78 is 7.55. The maximum atomic E-state index is 13.6. The number of hydrogen-bond acceptors (Lipinski definition) is 7. The van der Waals surface area contributed by atoms with Crippen molar-refractivity contribution < 1.29 is 9.53 Å². The monoisotopic (exact) mass is 475 g/mol. The third kappa shape index (κ3) is 3.99. The smallest absolute Gasteiger partial charge is 0.225 e. The predicted octanol–water partition coefficient (Wildman–Crippen LogP) is 5.20. The summed E-state index contributed by atoms with van der Waals surface area (Å²) >= 11 is 7.26. The Balaban J connectivity index is 1.61. The van der Waals surface area contributed by atoms with Gasteiger partial charge >= 0.3 is 0 Å². The molecule has 7 nitrogen and oxygen atoms in total. The van der Waals surface area contributed by atoms with Crippen LogP contribution in [0.15, 0.2) is 61.1 Å². The third-order valence-electron chi connectivity index (χ3n) is 5.43. The Labute approximate surface area is 198 Å². The van der Waals surface area contributed by atoms with E-state index in [0.29, 0.717) is 38.6 Å². The summed E-state index contributed by atoms with van der Waals surface area (Å²) in [4.78, 5) is 21.8. The fourth-order valence-electron chi connectivity index (χ4n) is 3.79. The minimum Gasteiger partial charge on any atom is -0.497 e. The van der Waals surface area contributed by atoms with Crippen LogP contribution in [0.2, 0.25) is 5.02 Å². The van der Waals surface area contributed by atoms with Gasteiger partial charge in [0.05, 0.1) is 12.7 Å². The molecule has 0 spiro atoms. The summed E-state index contributed by atoms with van der Waals surface area (Å²) in [5.74, 6) is 0.498. The molecule has 0 saturated heterocycles. The van der Waals surface area contributed by atoms with Crippen molar-refractivity contribution in [1.29, 1.82) is 0 Å². The molecule has 0 unspecified atom stereocenters. The van der Waals surface area contributed by atoms with E-state index < -0.39 is 0 Å². The molecule has 0 atom stereocenters. The molecule has 0 saturated carbocycles. The number of benzene rings is 2. The maximum Gasteiger partial charge on any atom is 0.225 e. The van der Waals surface area contributed by atoms with Gasteiger partial charge in [-0.05, 0) is 48.9 Å². The number of aromatic nitrogens is 5. The quantitative estimate of drug-likeness (QED) is 0.314. The number of hydrogen-bond donors (Lipinski definition) is 0. The molecule has 0 aliphatic rings. The van der Waals surface area contributed by atoms with Crippen LogP contribution in [0.1, 0.15) is 26.6 Å². The number of ketones is 1. The van der Waals surface area contributed by atoms with Crippen molar-refractivity contribution in [3.05, 3.63) is 87.9 Å². The molecule has 9 heteroatoms. The fraction of sp³-hybridized carbons (Fsp3) is 0.125. The summed E-state index contributed by atoms with van der Waals surface area (Å²) in [7, 11) is 1.61. The zero-order valence-electron chi connectivity index (χ0n) is 17.8. The van der Waals surface area contributed by atoms with E-state index in [1.165, 1.54) is 17.7 Å². The number of carbonyl (C=O) groups is 1. The van der Waals surface area contributed by atoms with Crippen LogP contribution in [0.4, 0.5) is 0 Å². The first-order valence-electron chi connectivity index (χ1n) is 10.1. The van der Waals surface area contributed by atoms with E-state index in [1.54, 1.807) is 19.4 Å². The molecule has 0 amide bonds. The van der Waals surface area contributed by atoms with Gasteiger partial charge in [0.2, 0.25) is 5.78 Å². The Bertz CT molecular complexity index is 1460. The second kappa shape index (κ2) is 8.73. The third-order valence-corrected chi connectivity index (χ3v) is 6.63. The topological polar surface area (TPSA) is 82.8 Å². The van der Waals surface area contributed by atoms with E-state index in [0.717, 1.165) is 22.2 Å². The van der Waals surface area contributed by atoms with E-state index in [-0.39, 0.29) is 5.78 Å². The van der Waals surface area contributed by atoms with Gasteiger partial charge in [-0.15, -0.1) is 10.2 Å². The normalized spacial score (nSPS) is 11.1. The van der Waals surface area contributed by atoms with Crippen LogP contribution < -0.4 is 4.74 Å². The van der Waals surface area contributed by atoms with Gasteiger partial charge in [-0.2, -0.15) is 0 Å². The van der Waals surface area contributed by atoms with Gasteiger partial charge in [-0.25, -0.2) is 9.97 Å². The molecule has 5 aromatic rings. The summed E-state index contributed by atoms with van der Waals surface area (Å²) in [6.45, 7) is 2.55. The first kappa shape index (κ1) is 21.2. The van der Waals surface area contributed by atoms with E-state index in [1.807, 2.05) is 49.4 Å². The molecule has 0 N–H and O–H groups in total. The van der Waals surface area contributed by atoms with Crippen molar-refractivity contribution >= 4 is 39.6 Å². The lowest BCUT2D eigenvalue weighted by Crippen LogP contribution is -2.06. The average molecular weight is 476 g/mol. The molecule has 164 valence electrons. The number of nitrogens with zero attached hydrogens (tertiary/aromatic N) is 5. The highest BCUT2D eigenvalue weighted by Gasteiger charge is 2.25. The largest absolute Gasteiger partial charge is 0.497 e. The minimum atomic E-state index is -0.182. The molecule has 2 aromatic carbocycles. The van der Waals surface area contributed by atoms with Crippen LogP contribution >= 0.6 is 22.9 Å². The Hall–Kier alpha value is -3.62. The minimum absolute atomic E-state index is 0.182. The molecule has 0 radical (unpaired) electrons. The Kier molecular flexibility index (Phi) is 5.62. The summed E-state index contributed by atoms with van der Waals surface area (Å²) in [6.07, 6.45) is 3.07. The first-order chi connectivity index (χ1) is 16.0. The van der Waals surface area contributed by atoms with Crippen molar-refractivity contribution in [1.82, 2.24) is 24.7 Å². The average Bonchev–Trinajstić information content (AvgIpc) is 3.44. The first-order valence-corrected chi connectivity index (χ1v) is 11.3. The van der Waals surface area contributed by atoms with Crippen molar-refractivity contribution in [2.24, 2.45) is 0 Å². The van der Waals surface area contributed by atoms with Gasteiger partial charge in [0, 0.05) is 34.4 Å². The van der Waals surface area contributed by atoms with Gasteiger partial charge in [0.25, 0.3) is 0 Å². The predicted molar refractivity (Wildman–Crippen MR) is 128 cm³/mol. The molecule has 3 aromatic heterocycles. The van der Waals surface area contributed by atoms with Gasteiger partial charge < -0.3 is 9.30 Å². The van der Waals surface area contributed by atoms with Gasteiger partial charge in [0.15, 0.2) is 10.0 Å². The summed E-state index contributed by atoms with van der Waals surface area (Å²) in [6, 6.07) is 15.2. The van der Waals surface area contributed by atoms with Gasteiger partial charge in [0.1, 0.15) is 17.8 Å². The maximum absolute atomic E-state index is 13.6. The van der Waals surface area contributed by atoms with Gasteiger partial charge in [-0.1, -0.05) is 35.1 Å². The lowest BCUT2D eigenvalue weighted by molar-refractivity contribution is 0.103. The van der Waals surface area contributed by atoms with E-state index in [2.05, 4.69) is 24.7 Å². The lowest BCUT2D eigenvalue weighted by Gasteiger charge is -2.09. The summed E-state index contributed by atoms with van der Waals surface area (Å²) in [5.41, 5.74) is 4.08. The molecule has 0 bridgehead atoms. The Morgan fingerprint density at radius 1 is 1.12 bits per heavy atom. The second-order valence-electron chi connectivity index (χ2n) is 7.39. The van der Waals surface area contributed by atoms with Crippen molar-refractivity contribution in [2.45, 2.75) is 13.5 Å². The molecule has 0 fully saturated rings. The zero-order chi connectivity index (χ0) is 22.9. The van der Waals surface area contributed by atoms with Crippen LogP contribution in [0.3, 0.4) is 0 Å². The Morgan fingerprint density at radius 2 is 1.94 bits per heavy atom. The van der Waals surface area contributed by atoms with Crippen molar-refractivity contribution in [3.63, 3.8) is 0 Å². The highest BCUT2D eigenvalue weighted by molar-refractivity contribution is 7.16. The van der Waals surface area contributed by atoms with Crippen LogP contribution in [0, 0.1) is 6.92 Å². The number of rotatable bonds is 6. The molecule has 3 heterocycles. The number of fused-ring (bicyclic) bond motifs is 1. The van der Waals surface area contributed by atoms with Crippen molar-refractivity contribution in [3.8, 4) is 16.5 Å². The highest BCUT2D eigenvalue weighted by atomic mass is 35.5. The number of halogens is 1. The second-order valence-corrected chi connectivity index (χ2v) is 8.81. The highest BCUT2D eigenvalue weighted by Crippen LogP contribution is 2.33. The van der Waals surface area contributed by atoms with Crippen LogP contribution in [-0.4, -0.2) is 37.6 Å². The number of carbonyl (C=O) groups excluding carboxylic acids is 1. The van der Waals surface area contributed by atoms with Crippen LogP contribution in [-0.2, 0) is 6.54 Å². The Morgan fingerprint density at radius 3 is 2.67 bits per heavy atom. The standard InChI is InChI=1S/C24H18ClN5O2S/c1-14-21(22(31)24-29-28-23(33-24)19-9-10-26-13-27-19)18-11-17(32-2)7-8-20(18)30(14)12-15-3-5-16(25)6-4-15/h3-11,13H,12H2,1-2H3. The molecular formula is C24H18ClN5O2S.